The Balaban J connectivity index is 2.27. The number of hydrogen-bond acceptors (Lipinski definition) is 6. The Morgan fingerprint density at radius 3 is 2.11 bits per heavy atom. The van der Waals surface area contributed by atoms with Gasteiger partial charge in [0.25, 0.3) is 12.0 Å². The first-order valence-corrected chi connectivity index (χ1v) is 10.5. The zero-order valence-corrected chi connectivity index (χ0v) is 18.7. The summed E-state index contributed by atoms with van der Waals surface area (Å²) in [4.78, 5) is 15.1. The SMILES string of the molecule is CN(C)S(=O)(=O)NC(=O)c1cc(F)c(Oc2cnc(OC(C(F)(F)F)C(F)(F)F)c(Cl)c2)cc1F. The summed E-state index contributed by atoms with van der Waals surface area (Å²) in [6.07, 6.45) is -15.4. The van der Waals surface area contributed by atoms with Crippen molar-refractivity contribution in [1.29, 1.82) is 0 Å². The third-order valence-electron chi connectivity index (χ3n) is 3.80. The molecule has 0 spiro atoms. The van der Waals surface area contributed by atoms with E-state index in [9.17, 15) is 48.3 Å². The van der Waals surface area contributed by atoms with E-state index in [1.807, 2.05) is 0 Å². The fourth-order valence-corrected chi connectivity index (χ4v) is 2.88. The average molecular weight is 558 g/mol. The number of nitrogens with one attached hydrogen (secondary N) is 1. The molecule has 1 aromatic heterocycles. The summed E-state index contributed by atoms with van der Waals surface area (Å²) >= 11 is 5.58. The van der Waals surface area contributed by atoms with Crippen molar-refractivity contribution >= 4 is 27.7 Å². The van der Waals surface area contributed by atoms with Crippen molar-refractivity contribution in [3.05, 3.63) is 46.6 Å². The van der Waals surface area contributed by atoms with E-state index in [0.717, 1.165) is 14.1 Å². The van der Waals surface area contributed by atoms with Crippen molar-refractivity contribution < 1.29 is 57.8 Å². The Kier molecular flexibility index (Phi) is 8.08. The van der Waals surface area contributed by atoms with Gasteiger partial charge < -0.3 is 9.47 Å². The number of halogens is 9. The third kappa shape index (κ3) is 7.04. The van der Waals surface area contributed by atoms with Crippen LogP contribution < -0.4 is 14.2 Å². The number of hydrogen-bond donors (Lipinski definition) is 1. The molecule has 0 aliphatic rings. The maximum Gasteiger partial charge on any atom is 0.434 e. The second-order valence-corrected chi connectivity index (χ2v) is 8.91. The minimum atomic E-state index is -5.85. The lowest BCUT2D eigenvalue weighted by Crippen LogP contribution is -2.46. The molecule has 0 aliphatic carbocycles. The molecule has 2 rings (SSSR count). The van der Waals surface area contributed by atoms with E-state index in [0.29, 0.717) is 22.6 Å². The van der Waals surface area contributed by atoms with E-state index in [4.69, 9.17) is 16.3 Å². The van der Waals surface area contributed by atoms with Gasteiger partial charge in [-0.1, -0.05) is 11.6 Å². The maximum atomic E-state index is 14.3. The number of alkyl halides is 6. The highest BCUT2D eigenvalue weighted by atomic mass is 35.5. The van der Waals surface area contributed by atoms with Gasteiger partial charge in [0.1, 0.15) is 16.6 Å². The Bertz CT molecular complexity index is 1210. The molecule has 0 aliphatic heterocycles. The van der Waals surface area contributed by atoms with E-state index in [1.165, 1.54) is 4.72 Å². The van der Waals surface area contributed by atoms with E-state index in [1.54, 1.807) is 0 Å². The number of nitrogens with zero attached hydrogens (tertiary/aromatic N) is 2. The molecule has 0 bridgehead atoms. The second-order valence-electron chi connectivity index (χ2n) is 6.62. The molecule has 0 saturated heterocycles. The third-order valence-corrected chi connectivity index (χ3v) is 5.48. The van der Waals surface area contributed by atoms with Crippen molar-refractivity contribution in [2.24, 2.45) is 0 Å². The van der Waals surface area contributed by atoms with Crippen molar-refractivity contribution in [2.75, 3.05) is 14.1 Å². The zero-order chi connectivity index (χ0) is 26.9. The van der Waals surface area contributed by atoms with Gasteiger partial charge in [0, 0.05) is 26.2 Å². The number of benzene rings is 1. The van der Waals surface area contributed by atoms with Crippen LogP contribution in [0.5, 0.6) is 17.4 Å². The van der Waals surface area contributed by atoms with Crippen LogP contribution >= 0.6 is 11.6 Å². The Morgan fingerprint density at radius 1 is 1.06 bits per heavy atom. The summed E-state index contributed by atoms with van der Waals surface area (Å²) < 4.78 is 138. The van der Waals surface area contributed by atoms with Gasteiger partial charge in [-0.05, 0) is 6.07 Å². The van der Waals surface area contributed by atoms with Crippen LogP contribution in [0.4, 0.5) is 35.1 Å². The van der Waals surface area contributed by atoms with Crippen molar-refractivity contribution in [3.63, 3.8) is 0 Å². The van der Waals surface area contributed by atoms with Gasteiger partial charge in [0.15, 0.2) is 11.6 Å². The van der Waals surface area contributed by atoms with Crippen LogP contribution in [0.15, 0.2) is 24.4 Å². The molecule has 0 saturated carbocycles. The molecule has 1 N–H and O–H groups in total. The number of aromatic nitrogens is 1. The summed E-state index contributed by atoms with van der Waals surface area (Å²) in [5.74, 6) is -7.11. The lowest BCUT2D eigenvalue weighted by molar-refractivity contribution is -0.300. The quantitative estimate of drug-likeness (QED) is 0.512. The molecule has 2 aromatic rings. The summed E-state index contributed by atoms with van der Waals surface area (Å²) in [6.45, 7) is 0. The molecular weight excluding hydrogens is 546 g/mol. The van der Waals surface area contributed by atoms with E-state index in [-0.39, 0.29) is 6.07 Å². The van der Waals surface area contributed by atoms with Crippen LogP contribution in [0.25, 0.3) is 0 Å². The largest absolute Gasteiger partial charge is 0.454 e. The summed E-state index contributed by atoms with van der Waals surface area (Å²) in [7, 11) is -2.21. The van der Waals surface area contributed by atoms with Crippen LogP contribution in [-0.4, -0.2) is 56.2 Å². The number of carbonyl (C=O) groups is 1. The number of ether oxygens (including phenoxy) is 2. The summed E-state index contributed by atoms with van der Waals surface area (Å²) in [5.41, 5.74) is -1.02. The molecule has 1 amide bonds. The smallest absolute Gasteiger partial charge is 0.434 e. The second kappa shape index (κ2) is 9.98. The number of rotatable bonds is 7. The Morgan fingerprint density at radius 2 is 1.63 bits per heavy atom. The topological polar surface area (TPSA) is 97.8 Å². The number of amides is 1. The molecule has 0 atom stereocenters. The molecular formula is C17H12ClF8N3O5S. The van der Waals surface area contributed by atoms with Gasteiger partial charge in [-0.15, -0.1) is 0 Å². The molecule has 1 aromatic carbocycles. The number of carbonyl (C=O) groups excluding carboxylic acids is 1. The highest BCUT2D eigenvalue weighted by Gasteiger charge is 2.59. The van der Waals surface area contributed by atoms with E-state index >= 15 is 0 Å². The van der Waals surface area contributed by atoms with Crippen LogP contribution in [0, 0.1) is 11.6 Å². The summed E-state index contributed by atoms with van der Waals surface area (Å²) in [5, 5.41) is -0.897. The normalized spacial score (nSPS) is 12.7. The molecule has 0 unspecified atom stereocenters. The minimum absolute atomic E-state index is 0.287. The Labute approximate surface area is 196 Å². The fraction of sp³-hybridized carbons (Fsp3) is 0.294. The molecule has 35 heavy (non-hydrogen) atoms. The molecule has 0 fully saturated rings. The van der Waals surface area contributed by atoms with Gasteiger partial charge >= 0.3 is 22.6 Å². The van der Waals surface area contributed by atoms with Crippen molar-refractivity contribution in [2.45, 2.75) is 18.5 Å². The lowest BCUT2D eigenvalue weighted by atomic mass is 10.2. The highest BCUT2D eigenvalue weighted by molar-refractivity contribution is 7.87. The van der Waals surface area contributed by atoms with Crippen molar-refractivity contribution in [1.82, 2.24) is 14.0 Å². The van der Waals surface area contributed by atoms with Gasteiger partial charge in [-0.2, -0.15) is 39.1 Å². The molecule has 1 heterocycles. The fourth-order valence-electron chi connectivity index (χ4n) is 2.15. The predicted octanol–water partition coefficient (Wildman–Crippen LogP) is 4.21. The van der Waals surface area contributed by atoms with Gasteiger partial charge in [-0.25, -0.2) is 18.5 Å². The van der Waals surface area contributed by atoms with Gasteiger partial charge in [0.2, 0.25) is 5.88 Å². The number of pyridine rings is 1. The highest BCUT2D eigenvalue weighted by Crippen LogP contribution is 2.38. The minimum Gasteiger partial charge on any atom is -0.454 e. The zero-order valence-electron chi connectivity index (χ0n) is 17.1. The molecule has 8 nitrogen and oxygen atoms in total. The van der Waals surface area contributed by atoms with E-state index < -0.39 is 74.2 Å². The van der Waals surface area contributed by atoms with Crippen LogP contribution in [0.3, 0.4) is 0 Å². The average Bonchev–Trinajstić information content (AvgIpc) is 2.67. The van der Waals surface area contributed by atoms with Gasteiger partial charge in [-0.3, -0.25) is 4.79 Å². The molecule has 0 radical (unpaired) electrons. The molecule has 194 valence electrons. The van der Waals surface area contributed by atoms with Crippen LogP contribution in [-0.2, 0) is 10.2 Å². The first-order valence-electron chi connectivity index (χ1n) is 8.70. The van der Waals surface area contributed by atoms with Crippen LogP contribution in [0.2, 0.25) is 5.02 Å². The van der Waals surface area contributed by atoms with Gasteiger partial charge in [0.05, 0.1) is 11.8 Å². The Hall–Kier alpha value is -2.92. The van der Waals surface area contributed by atoms with E-state index in [2.05, 4.69) is 9.72 Å². The maximum absolute atomic E-state index is 14.3. The van der Waals surface area contributed by atoms with Crippen LogP contribution in [0.1, 0.15) is 10.4 Å². The lowest BCUT2D eigenvalue weighted by Gasteiger charge is -2.23. The predicted molar refractivity (Wildman–Crippen MR) is 102 cm³/mol. The van der Waals surface area contributed by atoms with Crippen molar-refractivity contribution in [3.8, 4) is 17.4 Å². The monoisotopic (exact) mass is 557 g/mol. The summed E-state index contributed by atoms with van der Waals surface area (Å²) in [6, 6.07) is 1.22. The standard InChI is InChI=1S/C17H12ClF8N3O5S/c1-29(2)35(31,32)28-13(30)8-4-11(20)12(5-10(8)19)33-7-3-9(18)14(27-6-7)34-15(16(21,22)23)17(24,25)26/h3-6,15H,1-2H3,(H,28,30). The molecule has 18 heteroatoms. The first-order chi connectivity index (χ1) is 15.8. The first kappa shape index (κ1) is 28.3.